The van der Waals surface area contributed by atoms with Crippen molar-refractivity contribution < 1.29 is 19.9 Å². The highest BCUT2D eigenvalue weighted by molar-refractivity contribution is 5.85. The molecule has 2 N–H and O–H groups in total. The number of hydroxylamine groups is 2. The van der Waals surface area contributed by atoms with Crippen LogP contribution in [0, 0.1) is 0 Å². The van der Waals surface area contributed by atoms with E-state index in [0.29, 0.717) is 23.8 Å². The Bertz CT molecular complexity index is 564. The molecule has 2 aliphatic heterocycles. The van der Waals surface area contributed by atoms with Gasteiger partial charge in [0.25, 0.3) is 0 Å². The number of urea groups is 1. The molecule has 94 valence electrons. The molecule has 2 amide bonds. The molecular weight excluding hydrogens is 240 g/mol. The van der Waals surface area contributed by atoms with Crippen molar-refractivity contribution in [3.63, 3.8) is 0 Å². The molecule has 8 nitrogen and oxygen atoms in total. The van der Waals surface area contributed by atoms with E-state index in [4.69, 9.17) is 5.11 Å². The summed E-state index contributed by atoms with van der Waals surface area (Å²) in [5.41, 5.74) is 0.611. The summed E-state index contributed by atoms with van der Waals surface area (Å²) >= 11 is 0. The number of nitrogens with zero attached hydrogens (tertiary/aromatic N) is 4. The maximum absolute atomic E-state index is 11.5. The Balaban J connectivity index is 1.92. The van der Waals surface area contributed by atoms with Crippen LogP contribution in [0.25, 0.3) is 5.70 Å². The molecule has 3 heterocycles. The van der Waals surface area contributed by atoms with Crippen LogP contribution in [-0.4, -0.2) is 61.2 Å². The molecule has 2 aliphatic rings. The van der Waals surface area contributed by atoms with E-state index in [0.717, 1.165) is 0 Å². The first-order valence-electron chi connectivity index (χ1n) is 5.33. The average Bonchev–Trinajstić information content (AvgIpc) is 2.91. The molecule has 0 radical (unpaired) electrons. The van der Waals surface area contributed by atoms with Crippen LogP contribution in [0.15, 0.2) is 18.3 Å². The van der Waals surface area contributed by atoms with Crippen LogP contribution in [0.2, 0.25) is 0 Å². The molecule has 1 aromatic rings. The second kappa shape index (κ2) is 3.57. The first-order valence-corrected chi connectivity index (χ1v) is 5.33. The van der Waals surface area contributed by atoms with Crippen molar-refractivity contribution in [1.82, 2.24) is 19.7 Å². The van der Waals surface area contributed by atoms with E-state index in [1.807, 2.05) is 0 Å². The van der Waals surface area contributed by atoms with E-state index in [-0.39, 0.29) is 5.69 Å². The molecule has 2 bridgehead atoms. The van der Waals surface area contributed by atoms with Crippen molar-refractivity contribution in [3.05, 3.63) is 24.0 Å². The van der Waals surface area contributed by atoms with Gasteiger partial charge in [-0.1, -0.05) is 0 Å². The van der Waals surface area contributed by atoms with Crippen LogP contribution in [-0.2, 0) is 0 Å². The van der Waals surface area contributed by atoms with Crippen molar-refractivity contribution in [2.24, 2.45) is 0 Å². The largest absolute Gasteiger partial charge is 0.476 e. The highest BCUT2D eigenvalue weighted by Gasteiger charge is 2.39. The van der Waals surface area contributed by atoms with Crippen LogP contribution in [0.5, 0.6) is 0 Å². The fraction of sp³-hybridized carbons (Fsp3) is 0.300. The van der Waals surface area contributed by atoms with E-state index in [9.17, 15) is 14.8 Å². The molecule has 1 atom stereocenters. The van der Waals surface area contributed by atoms with Crippen molar-refractivity contribution in [3.8, 4) is 0 Å². The van der Waals surface area contributed by atoms with Crippen LogP contribution < -0.4 is 0 Å². The zero-order valence-corrected chi connectivity index (χ0v) is 9.22. The second-order valence-corrected chi connectivity index (χ2v) is 4.18. The number of aromatic carboxylic acids is 1. The lowest BCUT2D eigenvalue weighted by molar-refractivity contribution is -0.0450. The van der Waals surface area contributed by atoms with Gasteiger partial charge in [0.05, 0.1) is 18.3 Å². The molecule has 0 spiro atoms. The molecule has 1 unspecified atom stereocenters. The average molecular weight is 250 g/mol. The Kier molecular flexibility index (Phi) is 2.14. The van der Waals surface area contributed by atoms with Crippen LogP contribution in [0.3, 0.4) is 0 Å². The van der Waals surface area contributed by atoms with Gasteiger partial charge in [0, 0.05) is 12.7 Å². The first-order chi connectivity index (χ1) is 8.56. The number of carboxylic acids is 1. The summed E-state index contributed by atoms with van der Waals surface area (Å²) in [4.78, 5) is 23.7. The van der Waals surface area contributed by atoms with E-state index in [2.05, 4.69) is 5.10 Å². The van der Waals surface area contributed by atoms with Gasteiger partial charge >= 0.3 is 12.0 Å². The summed E-state index contributed by atoms with van der Waals surface area (Å²) in [6, 6.07) is 0.531. The monoisotopic (exact) mass is 250 g/mol. The maximum atomic E-state index is 11.5. The summed E-state index contributed by atoms with van der Waals surface area (Å²) in [6.45, 7) is 0.735. The van der Waals surface area contributed by atoms with Gasteiger partial charge in [-0.05, 0) is 12.1 Å². The third-order valence-corrected chi connectivity index (χ3v) is 3.03. The minimum absolute atomic E-state index is 0.0593. The number of amides is 2. The summed E-state index contributed by atoms with van der Waals surface area (Å²) < 4.78 is 1.41. The first kappa shape index (κ1) is 10.8. The third-order valence-electron chi connectivity index (χ3n) is 3.03. The summed E-state index contributed by atoms with van der Waals surface area (Å²) in [7, 11) is 0. The summed E-state index contributed by atoms with van der Waals surface area (Å²) in [5.74, 6) is -1.10. The summed E-state index contributed by atoms with van der Waals surface area (Å²) in [6.07, 6.45) is 3.23. The van der Waals surface area contributed by atoms with Crippen molar-refractivity contribution in [1.29, 1.82) is 0 Å². The topological polar surface area (TPSA) is 98.9 Å². The number of hydrogen-bond acceptors (Lipinski definition) is 4. The standard InChI is InChI=1S/C10H10N4O4/c15-9(16)8-1-2-13(11-8)6-3-7-5-12(4-6)10(17)14(7)18/h1-3,7,18H,4-5H2,(H,15,16). The van der Waals surface area contributed by atoms with Gasteiger partial charge in [-0.3, -0.25) is 5.21 Å². The minimum Gasteiger partial charge on any atom is -0.476 e. The van der Waals surface area contributed by atoms with E-state index >= 15 is 0 Å². The van der Waals surface area contributed by atoms with Gasteiger partial charge in [-0.15, -0.1) is 0 Å². The zero-order valence-electron chi connectivity index (χ0n) is 9.22. The lowest BCUT2D eigenvalue weighted by Crippen LogP contribution is -2.31. The van der Waals surface area contributed by atoms with E-state index < -0.39 is 18.0 Å². The molecule has 3 rings (SSSR count). The summed E-state index contributed by atoms with van der Waals surface area (Å²) in [5, 5.41) is 22.9. The fourth-order valence-corrected chi connectivity index (χ4v) is 2.14. The number of carbonyl (C=O) groups excluding carboxylic acids is 1. The predicted molar refractivity (Wildman–Crippen MR) is 57.8 cm³/mol. The Morgan fingerprint density at radius 2 is 2.28 bits per heavy atom. The third kappa shape index (κ3) is 1.46. The van der Waals surface area contributed by atoms with Crippen LogP contribution in [0.4, 0.5) is 4.79 Å². The Labute approximate surface area is 101 Å². The Morgan fingerprint density at radius 3 is 2.89 bits per heavy atom. The highest BCUT2D eigenvalue weighted by Crippen LogP contribution is 2.24. The predicted octanol–water partition coefficient (Wildman–Crippen LogP) is -0.0688. The number of rotatable bonds is 2. The molecule has 18 heavy (non-hydrogen) atoms. The van der Waals surface area contributed by atoms with Crippen LogP contribution >= 0.6 is 0 Å². The number of carbonyl (C=O) groups is 2. The van der Waals surface area contributed by atoms with E-state index in [1.165, 1.54) is 21.8 Å². The highest BCUT2D eigenvalue weighted by atomic mass is 16.5. The minimum atomic E-state index is -1.10. The van der Waals surface area contributed by atoms with Gasteiger partial charge in [0.15, 0.2) is 5.69 Å². The van der Waals surface area contributed by atoms with Gasteiger partial charge in [0.1, 0.15) is 0 Å². The molecule has 0 saturated carbocycles. The molecule has 8 heteroatoms. The maximum Gasteiger partial charge on any atom is 0.356 e. The lowest BCUT2D eigenvalue weighted by atomic mass is 10.2. The van der Waals surface area contributed by atoms with Gasteiger partial charge in [0.2, 0.25) is 0 Å². The Hall–Kier alpha value is -2.35. The van der Waals surface area contributed by atoms with Crippen molar-refractivity contribution in [2.45, 2.75) is 6.04 Å². The molecule has 0 aliphatic carbocycles. The lowest BCUT2D eigenvalue weighted by Gasteiger charge is -2.20. The Morgan fingerprint density at radius 1 is 1.50 bits per heavy atom. The molecule has 1 saturated heterocycles. The number of aromatic nitrogens is 2. The van der Waals surface area contributed by atoms with Crippen molar-refractivity contribution in [2.75, 3.05) is 13.1 Å². The SMILES string of the molecule is O=C(O)c1ccn(C2=CC3CN(C2)C(=O)N3O)n1. The smallest absolute Gasteiger partial charge is 0.356 e. The van der Waals surface area contributed by atoms with Crippen LogP contribution in [0.1, 0.15) is 10.5 Å². The normalized spacial score (nSPS) is 22.4. The van der Waals surface area contributed by atoms with Gasteiger partial charge in [-0.25, -0.2) is 14.3 Å². The quantitative estimate of drug-likeness (QED) is 0.716. The number of hydrogen-bond donors (Lipinski definition) is 2. The molecular formula is C10H10N4O4. The van der Waals surface area contributed by atoms with E-state index in [1.54, 1.807) is 6.08 Å². The number of fused-ring (bicyclic) bond motifs is 2. The van der Waals surface area contributed by atoms with Gasteiger partial charge in [-0.2, -0.15) is 10.2 Å². The second-order valence-electron chi connectivity index (χ2n) is 4.18. The number of carboxylic acid groups (broad SMARTS) is 1. The fourth-order valence-electron chi connectivity index (χ4n) is 2.14. The molecule has 1 aromatic heterocycles. The molecule has 0 aromatic carbocycles. The molecule has 1 fully saturated rings. The zero-order chi connectivity index (χ0) is 12.9. The van der Waals surface area contributed by atoms with Crippen molar-refractivity contribution >= 4 is 17.7 Å². The van der Waals surface area contributed by atoms with Gasteiger partial charge < -0.3 is 10.0 Å².